The van der Waals surface area contributed by atoms with Gasteiger partial charge in [0, 0.05) is 55.2 Å². The number of nitrogens with zero attached hydrogens (tertiary/aromatic N) is 2. The number of aryl methyl sites for hydroxylation is 8. The molecule has 2 saturated carbocycles. The maximum absolute atomic E-state index is 15.9. The van der Waals surface area contributed by atoms with E-state index in [4.69, 9.17) is 18.9 Å². The first-order chi connectivity index (χ1) is 43.3. The highest BCUT2D eigenvalue weighted by Crippen LogP contribution is 2.58. The van der Waals surface area contributed by atoms with Gasteiger partial charge in [-0.05, 0) is 152 Å². The van der Waals surface area contributed by atoms with E-state index >= 15 is 19.2 Å². The Morgan fingerprint density at radius 3 is 0.867 bits per heavy atom. The Morgan fingerprint density at radius 1 is 0.378 bits per heavy atom. The van der Waals surface area contributed by atoms with Crippen molar-refractivity contribution in [2.24, 2.45) is 0 Å². The number of aliphatic hydroxyl groups excluding tert-OH is 2. The summed E-state index contributed by atoms with van der Waals surface area (Å²) in [5.74, 6) is -2.89. The number of nitrogens with one attached hydrogen (secondary N) is 2. The first-order valence-corrected chi connectivity index (χ1v) is 31.3. The molecule has 2 unspecified atom stereocenters. The standard InChI is InChI=1S/C74H72N4O12/c1-37-19-23-53(41(5)27-37)87-57-31-47-61-48(72(84)77(71(47)83)51(35-79)69(81)75-45-15-11-9-12-16-45)33-59(89-55-25-21-39(3)29-43(55)7)65-66-60(90-56-26-22-40(4)30-44(56)8)34-50-62-49(73(85)78(74(50)86)52(36-80)70(82)76-46-17-13-10-14-18-46)32-58(64(68(62)66)63(57)67(61)65)88-54-24-20-38(2)28-42(54)6/h19-34,45-46,51-52,79-80H,9-18,35-36H2,1-8H3,(H,75,81)(H,76,82). The molecule has 0 radical (unpaired) electrons. The number of carbonyl (C=O) groups excluding carboxylic acids is 6. The lowest BCUT2D eigenvalue weighted by molar-refractivity contribution is -0.127. The summed E-state index contributed by atoms with van der Waals surface area (Å²) < 4.78 is 28.9. The van der Waals surface area contributed by atoms with Crippen molar-refractivity contribution < 1.29 is 57.9 Å². The van der Waals surface area contributed by atoms with Gasteiger partial charge >= 0.3 is 0 Å². The Balaban J connectivity index is 1.20. The number of amides is 6. The molecule has 13 rings (SSSR count). The van der Waals surface area contributed by atoms with Crippen molar-refractivity contribution in [1.82, 2.24) is 20.4 Å². The number of carbonyl (C=O) groups is 6. The fourth-order valence-corrected chi connectivity index (χ4v) is 14.2. The smallest absolute Gasteiger partial charge is 0.262 e. The van der Waals surface area contributed by atoms with Crippen molar-refractivity contribution in [1.29, 1.82) is 0 Å². The van der Waals surface area contributed by atoms with E-state index in [9.17, 15) is 19.8 Å². The molecule has 2 fully saturated rings. The topological polar surface area (TPSA) is 210 Å². The summed E-state index contributed by atoms with van der Waals surface area (Å²) in [4.78, 5) is 94.4. The third kappa shape index (κ3) is 10.3. The molecule has 0 aromatic heterocycles. The second-order valence-electron chi connectivity index (χ2n) is 25.2. The van der Waals surface area contributed by atoms with Crippen LogP contribution in [0.25, 0.3) is 43.1 Å². The van der Waals surface area contributed by atoms with Crippen molar-refractivity contribution in [2.75, 3.05) is 13.2 Å². The summed E-state index contributed by atoms with van der Waals surface area (Å²) in [6.07, 6.45) is 8.45. The molecule has 90 heavy (non-hydrogen) atoms. The maximum atomic E-state index is 15.9. The summed E-state index contributed by atoms with van der Waals surface area (Å²) in [5.41, 5.74) is 6.62. The zero-order valence-electron chi connectivity index (χ0n) is 51.9. The quantitative estimate of drug-likeness (QED) is 0.0404. The molecule has 460 valence electrons. The number of ether oxygens (including phenoxy) is 4. The fourth-order valence-electron chi connectivity index (χ4n) is 14.2. The minimum absolute atomic E-state index is 0.0309. The fraction of sp³-hybridized carbons (Fsp3) is 0.324. The molecule has 16 heteroatoms. The zero-order valence-corrected chi connectivity index (χ0v) is 51.9. The van der Waals surface area contributed by atoms with E-state index < -0.39 is 60.7 Å². The summed E-state index contributed by atoms with van der Waals surface area (Å²) in [7, 11) is 0. The van der Waals surface area contributed by atoms with Crippen LogP contribution in [0, 0.1) is 55.4 Å². The van der Waals surface area contributed by atoms with Gasteiger partial charge in [0.1, 0.15) is 58.1 Å². The second-order valence-corrected chi connectivity index (χ2v) is 25.2. The highest BCUT2D eigenvalue weighted by atomic mass is 16.5. The van der Waals surface area contributed by atoms with Crippen LogP contribution in [0.15, 0.2) is 97.1 Å². The molecule has 6 amide bonds. The van der Waals surface area contributed by atoms with Gasteiger partial charge in [0.05, 0.1) is 35.5 Å². The van der Waals surface area contributed by atoms with Gasteiger partial charge in [-0.25, -0.2) is 0 Å². The Bertz CT molecular complexity index is 4000. The number of hydrogen-bond acceptors (Lipinski definition) is 12. The molecular weight excluding hydrogens is 1140 g/mol. The van der Waals surface area contributed by atoms with Gasteiger partial charge < -0.3 is 39.8 Å². The minimum atomic E-state index is -1.64. The number of benzene rings is 9. The van der Waals surface area contributed by atoms with Crippen molar-refractivity contribution >= 4 is 78.5 Å². The van der Waals surface area contributed by atoms with E-state index in [0.29, 0.717) is 48.7 Å². The molecule has 16 nitrogen and oxygen atoms in total. The third-order valence-corrected chi connectivity index (χ3v) is 18.6. The first kappa shape index (κ1) is 59.6. The molecule has 4 N–H and O–H groups in total. The predicted octanol–water partition coefficient (Wildman–Crippen LogP) is 14.2. The molecule has 9 aromatic carbocycles. The lowest BCUT2D eigenvalue weighted by Gasteiger charge is -2.36. The van der Waals surface area contributed by atoms with Gasteiger partial charge in [0.2, 0.25) is 11.8 Å². The lowest BCUT2D eigenvalue weighted by atomic mass is 9.80. The van der Waals surface area contributed by atoms with Gasteiger partial charge in [-0.3, -0.25) is 38.6 Å². The molecule has 2 heterocycles. The number of rotatable bonds is 16. The Morgan fingerprint density at radius 2 is 0.633 bits per heavy atom. The molecule has 0 bridgehead atoms. The number of imide groups is 2. The van der Waals surface area contributed by atoms with Crippen molar-refractivity contribution in [3.05, 3.63) is 164 Å². The van der Waals surface area contributed by atoms with Crippen LogP contribution in [0.5, 0.6) is 46.0 Å². The molecule has 0 spiro atoms. The zero-order chi connectivity index (χ0) is 63.1. The van der Waals surface area contributed by atoms with Crippen LogP contribution < -0.4 is 29.6 Å². The summed E-state index contributed by atoms with van der Waals surface area (Å²) >= 11 is 0. The molecule has 0 saturated heterocycles. The van der Waals surface area contributed by atoms with Gasteiger partial charge in [-0.2, -0.15) is 0 Å². The Kier molecular flexibility index (Phi) is 15.6. The number of hydrogen-bond donors (Lipinski definition) is 4. The van der Waals surface area contributed by atoms with E-state index in [-0.39, 0.29) is 100 Å². The van der Waals surface area contributed by atoms with E-state index in [0.717, 1.165) is 92.8 Å². The van der Waals surface area contributed by atoms with Crippen LogP contribution in [0.4, 0.5) is 0 Å². The van der Waals surface area contributed by atoms with E-state index in [1.165, 1.54) is 0 Å². The summed E-state index contributed by atoms with van der Waals surface area (Å²) in [6.45, 7) is 13.7. The van der Waals surface area contributed by atoms with Crippen LogP contribution >= 0.6 is 0 Å². The lowest BCUT2D eigenvalue weighted by Crippen LogP contribution is -2.57. The highest BCUT2D eigenvalue weighted by molar-refractivity contribution is 6.45. The molecule has 2 atom stereocenters. The van der Waals surface area contributed by atoms with Gasteiger partial charge in [0.15, 0.2) is 0 Å². The monoisotopic (exact) mass is 1210 g/mol. The molecule has 4 aliphatic rings. The molecule has 9 aromatic rings. The van der Waals surface area contributed by atoms with Crippen LogP contribution in [0.1, 0.15) is 150 Å². The average Bonchev–Trinajstić information content (AvgIpc) is 0.673. The first-order valence-electron chi connectivity index (χ1n) is 31.3. The number of fused-ring (bicyclic) bond motifs is 2. The maximum Gasteiger partial charge on any atom is 0.262 e. The van der Waals surface area contributed by atoms with E-state index in [1.54, 1.807) is 24.3 Å². The van der Waals surface area contributed by atoms with E-state index in [2.05, 4.69) is 10.6 Å². The Hall–Kier alpha value is -9.38. The van der Waals surface area contributed by atoms with Gasteiger partial charge in [-0.1, -0.05) is 109 Å². The molecule has 2 aliphatic carbocycles. The van der Waals surface area contributed by atoms with Crippen LogP contribution in [-0.4, -0.2) is 92.8 Å². The van der Waals surface area contributed by atoms with Crippen molar-refractivity contribution in [3.8, 4) is 46.0 Å². The molecule has 2 aliphatic heterocycles. The average molecular weight is 1210 g/mol. The molecular formula is C74H72N4O12. The van der Waals surface area contributed by atoms with E-state index in [1.807, 2.05) is 128 Å². The summed E-state index contributed by atoms with van der Waals surface area (Å²) in [6, 6.07) is 25.1. The second kappa shape index (κ2) is 23.5. The summed E-state index contributed by atoms with van der Waals surface area (Å²) in [5, 5.41) is 30.6. The predicted molar refractivity (Wildman–Crippen MR) is 344 cm³/mol. The van der Waals surface area contributed by atoms with Crippen LogP contribution in [0.2, 0.25) is 0 Å². The Labute approximate surface area is 521 Å². The number of aliphatic hydroxyl groups is 2. The minimum Gasteiger partial charge on any atom is -0.456 e. The van der Waals surface area contributed by atoms with Crippen LogP contribution in [0.3, 0.4) is 0 Å². The van der Waals surface area contributed by atoms with Crippen molar-refractivity contribution in [3.63, 3.8) is 0 Å². The van der Waals surface area contributed by atoms with Crippen LogP contribution in [-0.2, 0) is 9.59 Å². The normalized spacial score (nSPS) is 16.2. The van der Waals surface area contributed by atoms with Gasteiger partial charge in [-0.15, -0.1) is 0 Å². The SMILES string of the molecule is Cc1ccc(Oc2cc3c4c(cc(Oc5ccc(C)cc5C)c5c6c(Oc7ccc(C)cc7C)cc7c8c(cc(Oc9ccc(C)cc9C)c(c2c45)c86)C(=O)N(C(CO)C(=O)NC2CCCCC2)C7=O)C(=O)N(C(CO)C(=O)NC2CCCCC2)C3=O)c(C)c1. The van der Waals surface area contributed by atoms with Crippen molar-refractivity contribution in [2.45, 2.75) is 144 Å². The highest BCUT2D eigenvalue weighted by Gasteiger charge is 2.47. The largest absolute Gasteiger partial charge is 0.456 e. The third-order valence-electron chi connectivity index (χ3n) is 18.6. The van der Waals surface area contributed by atoms with Gasteiger partial charge in [0.25, 0.3) is 23.6 Å².